The topological polar surface area (TPSA) is 41.4 Å². The number of aryl methyl sites for hydroxylation is 2. The van der Waals surface area contributed by atoms with Gasteiger partial charge >= 0.3 is 0 Å². The molecule has 134 valence electrons. The summed E-state index contributed by atoms with van der Waals surface area (Å²) in [5.41, 5.74) is 3.46. The van der Waals surface area contributed by atoms with Crippen LogP contribution in [0.2, 0.25) is 0 Å². The van der Waals surface area contributed by atoms with Crippen molar-refractivity contribution in [1.82, 2.24) is 19.6 Å². The molecule has 1 saturated carbocycles. The fourth-order valence-electron chi connectivity index (χ4n) is 4.15. The number of nitrogens with zero attached hydrogens (tertiary/aromatic N) is 4. The average Bonchev–Trinajstić information content (AvgIpc) is 3.30. The molecule has 2 aliphatic rings. The molecule has 2 aromatic heterocycles. The second kappa shape index (κ2) is 6.57. The number of carbonyl (C=O) groups excluding carboxylic acids is 1. The van der Waals surface area contributed by atoms with Gasteiger partial charge in [0.2, 0.25) is 0 Å². The van der Waals surface area contributed by atoms with Crippen molar-refractivity contribution in [3.8, 4) is 0 Å². The zero-order valence-electron chi connectivity index (χ0n) is 15.3. The second-order valence-electron chi connectivity index (χ2n) is 7.48. The van der Waals surface area contributed by atoms with Crippen molar-refractivity contribution in [2.45, 2.75) is 58.3 Å². The minimum atomic E-state index is 0.120. The van der Waals surface area contributed by atoms with Crippen molar-refractivity contribution in [2.75, 3.05) is 7.05 Å². The molecule has 1 amide bonds. The van der Waals surface area contributed by atoms with Gasteiger partial charge in [0.15, 0.2) is 0 Å². The fourth-order valence-corrected chi connectivity index (χ4v) is 5.34. The maximum absolute atomic E-state index is 12.8. The standard InChI is InChI=1S/C19H26N4OS/c1-13-15(10-22(3)20-13)9-21(2)19(24)17-8-14-11-23(12-18(14)25-17)16-6-4-5-7-16/h8,10,16H,4-7,9,11-12H2,1-3H3. The molecule has 0 aromatic carbocycles. The normalized spacial score (nSPS) is 18.0. The molecular formula is C19H26N4OS. The summed E-state index contributed by atoms with van der Waals surface area (Å²) in [6.45, 7) is 4.65. The summed E-state index contributed by atoms with van der Waals surface area (Å²) in [7, 11) is 3.79. The summed E-state index contributed by atoms with van der Waals surface area (Å²) in [6, 6.07) is 2.89. The van der Waals surface area contributed by atoms with Gasteiger partial charge in [-0.3, -0.25) is 14.4 Å². The van der Waals surface area contributed by atoms with Gasteiger partial charge in [-0.15, -0.1) is 11.3 Å². The molecular weight excluding hydrogens is 332 g/mol. The smallest absolute Gasteiger partial charge is 0.263 e. The van der Waals surface area contributed by atoms with E-state index < -0.39 is 0 Å². The van der Waals surface area contributed by atoms with E-state index in [1.165, 1.54) is 36.1 Å². The lowest BCUT2D eigenvalue weighted by molar-refractivity contribution is 0.0789. The van der Waals surface area contributed by atoms with Crippen LogP contribution in [-0.4, -0.2) is 38.6 Å². The third-order valence-corrected chi connectivity index (χ3v) is 6.69. The molecule has 3 heterocycles. The molecule has 1 aliphatic carbocycles. The van der Waals surface area contributed by atoms with Crippen molar-refractivity contribution in [1.29, 1.82) is 0 Å². The van der Waals surface area contributed by atoms with E-state index in [9.17, 15) is 4.79 Å². The van der Waals surface area contributed by atoms with E-state index in [0.29, 0.717) is 6.54 Å². The van der Waals surface area contributed by atoms with E-state index in [1.54, 1.807) is 20.9 Å². The van der Waals surface area contributed by atoms with E-state index in [2.05, 4.69) is 16.1 Å². The Morgan fingerprint density at radius 1 is 1.36 bits per heavy atom. The van der Waals surface area contributed by atoms with Gasteiger partial charge in [-0.1, -0.05) is 12.8 Å². The Morgan fingerprint density at radius 3 is 2.76 bits per heavy atom. The minimum Gasteiger partial charge on any atom is -0.337 e. The van der Waals surface area contributed by atoms with Gasteiger partial charge in [-0.2, -0.15) is 5.10 Å². The van der Waals surface area contributed by atoms with Gasteiger partial charge in [0, 0.05) is 56.4 Å². The molecule has 1 fully saturated rings. The summed E-state index contributed by atoms with van der Waals surface area (Å²) < 4.78 is 1.81. The maximum Gasteiger partial charge on any atom is 0.263 e. The Balaban J connectivity index is 1.42. The van der Waals surface area contributed by atoms with Gasteiger partial charge in [0.05, 0.1) is 10.6 Å². The van der Waals surface area contributed by atoms with E-state index >= 15 is 0 Å². The monoisotopic (exact) mass is 358 g/mol. The number of fused-ring (bicyclic) bond motifs is 1. The molecule has 6 heteroatoms. The first-order chi connectivity index (χ1) is 12.0. The third kappa shape index (κ3) is 3.25. The number of amides is 1. The molecule has 0 saturated heterocycles. The third-order valence-electron chi connectivity index (χ3n) is 5.54. The highest BCUT2D eigenvalue weighted by Gasteiger charge is 2.30. The summed E-state index contributed by atoms with van der Waals surface area (Å²) in [6.07, 6.45) is 7.42. The first-order valence-electron chi connectivity index (χ1n) is 9.11. The average molecular weight is 359 g/mol. The van der Waals surface area contributed by atoms with Crippen LogP contribution in [-0.2, 0) is 26.7 Å². The molecule has 25 heavy (non-hydrogen) atoms. The van der Waals surface area contributed by atoms with E-state index in [-0.39, 0.29) is 5.91 Å². The molecule has 1 aliphatic heterocycles. The molecule has 4 rings (SSSR count). The molecule has 5 nitrogen and oxygen atoms in total. The lowest BCUT2D eigenvalue weighted by Crippen LogP contribution is -2.28. The first kappa shape index (κ1) is 16.8. The van der Waals surface area contributed by atoms with Crippen LogP contribution < -0.4 is 0 Å². The lowest BCUT2D eigenvalue weighted by atomic mass is 10.2. The first-order valence-corrected chi connectivity index (χ1v) is 9.93. The van der Waals surface area contributed by atoms with E-state index in [0.717, 1.165) is 35.3 Å². The van der Waals surface area contributed by atoms with Crippen LogP contribution in [0.4, 0.5) is 0 Å². The molecule has 0 radical (unpaired) electrons. The lowest BCUT2D eigenvalue weighted by Gasteiger charge is -2.23. The van der Waals surface area contributed by atoms with Crippen LogP contribution in [0.25, 0.3) is 0 Å². The number of rotatable bonds is 4. The molecule has 0 N–H and O–H groups in total. The van der Waals surface area contributed by atoms with E-state index in [4.69, 9.17) is 0 Å². The van der Waals surface area contributed by atoms with Crippen LogP contribution in [0.3, 0.4) is 0 Å². The summed E-state index contributed by atoms with van der Waals surface area (Å²) >= 11 is 1.69. The fraction of sp³-hybridized carbons (Fsp3) is 0.579. The highest BCUT2D eigenvalue weighted by Crippen LogP contribution is 2.36. The molecule has 0 atom stereocenters. The van der Waals surface area contributed by atoms with Gasteiger partial charge in [-0.25, -0.2) is 0 Å². The van der Waals surface area contributed by atoms with Gasteiger partial charge < -0.3 is 4.90 Å². The van der Waals surface area contributed by atoms with Gasteiger partial charge in [0.25, 0.3) is 5.91 Å². The Morgan fingerprint density at radius 2 is 2.12 bits per heavy atom. The van der Waals surface area contributed by atoms with Crippen LogP contribution in [0.15, 0.2) is 12.3 Å². The van der Waals surface area contributed by atoms with Crippen LogP contribution >= 0.6 is 11.3 Å². The largest absolute Gasteiger partial charge is 0.337 e. The predicted octanol–water partition coefficient (Wildman–Crippen LogP) is 3.32. The van der Waals surface area contributed by atoms with Crippen molar-refractivity contribution in [2.24, 2.45) is 7.05 Å². The number of hydrogen-bond donors (Lipinski definition) is 0. The quantitative estimate of drug-likeness (QED) is 0.842. The maximum atomic E-state index is 12.8. The Kier molecular flexibility index (Phi) is 4.41. The molecule has 0 spiro atoms. The van der Waals surface area contributed by atoms with Crippen LogP contribution in [0, 0.1) is 6.92 Å². The summed E-state index contributed by atoms with van der Waals surface area (Å²) in [4.78, 5) is 19.5. The zero-order valence-corrected chi connectivity index (χ0v) is 16.1. The van der Waals surface area contributed by atoms with Gasteiger partial charge in [-0.05, 0) is 31.4 Å². The Bertz CT molecular complexity index is 764. The SMILES string of the molecule is Cc1nn(C)cc1CN(C)C(=O)c1cc2c(s1)CN(C1CCCC1)C2. The van der Waals surface area contributed by atoms with Crippen molar-refractivity contribution >= 4 is 17.2 Å². The summed E-state index contributed by atoms with van der Waals surface area (Å²) in [5, 5.41) is 4.36. The molecule has 0 bridgehead atoms. The number of aromatic nitrogens is 2. The van der Waals surface area contributed by atoms with Gasteiger partial charge in [0.1, 0.15) is 0 Å². The second-order valence-corrected chi connectivity index (χ2v) is 8.61. The summed E-state index contributed by atoms with van der Waals surface area (Å²) in [5.74, 6) is 0.120. The number of thiophene rings is 1. The molecule has 2 aromatic rings. The van der Waals surface area contributed by atoms with Crippen molar-refractivity contribution in [3.63, 3.8) is 0 Å². The predicted molar refractivity (Wildman–Crippen MR) is 99.6 cm³/mol. The zero-order chi connectivity index (χ0) is 17.6. The minimum absolute atomic E-state index is 0.120. The Hall–Kier alpha value is -1.66. The number of carbonyl (C=O) groups is 1. The Labute approximate surface area is 153 Å². The van der Waals surface area contributed by atoms with Crippen molar-refractivity contribution < 1.29 is 4.79 Å². The number of hydrogen-bond acceptors (Lipinski definition) is 4. The van der Waals surface area contributed by atoms with Crippen molar-refractivity contribution in [3.05, 3.63) is 38.8 Å². The highest BCUT2D eigenvalue weighted by atomic mass is 32.1. The van der Waals surface area contributed by atoms with Crippen LogP contribution in [0.1, 0.15) is 57.1 Å². The highest BCUT2D eigenvalue weighted by molar-refractivity contribution is 7.14. The molecule has 0 unspecified atom stereocenters. The van der Waals surface area contributed by atoms with E-state index in [1.807, 2.05) is 27.2 Å². The van der Waals surface area contributed by atoms with Crippen LogP contribution in [0.5, 0.6) is 0 Å².